The highest BCUT2D eigenvalue weighted by Gasteiger charge is 2.29. The van der Waals surface area contributed by atoms with Crippen LogP contribution in [0, 0.1) is 0 Å². The third kappa shape index (κ3) is 2.57. The summed E-state index contributed by atoms with van der Waals surface area (Å²) in [4.78, 5) is 14.0. The van der Waals surface area contributed by atoms with Crippen molar-refractivity contribution in [2.24, 2.45) is 0 Å². The number of amides is 1. The van der Waals surface area contributed by atoms with Crippen LogP contribution < -0.4 is 9.75 Å². The van der Waals surface area contributed by atoms with Crippen molar-refractivity contribution in [3.8, 4) is 16.5 Å². The van der Waals surface area contributed by atoms with Crippen molar-refractivity contribution >= 4 is 29.0 Å². The summed E-state index contributed by atoms with van der Waals surface area (Å²) in [5.74, 6) is 2.06. The van der Waals surface area contributed by atoms with Crippen LogP contribution in [0.25, 0.3) is 10.7 Å². The Balaban J connectivity index is 1.76. The molecule has 0 saturated heterocycles. The van der Waals surface area contributed by atoms with Gasteiger partial charge in [-0.15, -0.1) is 21.5 Å². The molecule has 2 aromatic heterocycles. The molecule has 3 aromatic rings. The van der Waals surface area contributed by atoms with E-state index in [0.717, 1.165) is 15.8 Å². The fraction of sp³-hybridized carbons (Fsp3) is 0.188. The number of methoxy groups -OCH3 is 1. The second-order valence-corrected chi connectivity index (χ2v) is 7.11. The Labute approximate surface area is 147 Å². The van der Waals surface area contributed by atoms with E-state index < -0.39 is 0 Å². The molecule has 1 amide bonds. The van der Waals surface area contributed by atoms with E-state index in [-0.39, 0.29) is 5.91 Å². The Morgan fingerprint density at radius 1 is 1.25 bits per heavy atom. The number of carbonyl (C=O) groups is 1. The largest absolute Gasteiger partial charge is 0.497 e. The van der Waals surface area contributed by atoms with Gasteiger partial charge in [-0.3, -0.25) is 4.79 Å². The quantitative estimate of drug-likeness (QED) is 0.720. The van der Waals surface area contributed by atoms with Gasteiger partial charge in [0, 0.05) is 11.3 Å². The van der Waals surface area contributed by atoms with Crippen molar-refractivity contribution in [1.82, 2.24) is 14.9 Å². The Kier molecular flexibility index (Phi) is 3.99. The van der Waals surface area contributed by atoms with E-state index in [1.165, 1.54) is 0 Å². The van der Waals surface area contributed by atoms with E-state index in [4.69, 9.17) is 4.74 Å². The Bertz CT molecular complexity index is 876. The molecular formula is C16H14N4O2S2. The van der Waals surface area contributed by atoms with Crippen LogP contribution in [0.4, 0.5) is 0 Å². The van der Waals surface area contributed by atoms with Crippen molar-refractivity contribution in [2.45, 2.75) is 5.16 Å². The Hall–Kier alpha value is -2.32. The summed E-state index contributed by atoms with van der Waals surface area (Å²) in [6.45, 7) is 0.601. The van der Waals surface area contributed by atoms with Gasteiger partial charge in [-0.05, 0) is 29.6 Å². The molecule has 4 rings (SSSR count). The van der Waals surface area contributed by atoms with Crippen molar-refractivity contribution in [1.29, 1.82) is 0 Å². The molecule has 0 aliphatic carbocycles. The lowest BCUT2D eigenvalue weighted by Gasteiger charge is -2.29. The van der Waals surface area contributed by atoms with Gasteiger partial charge in [0.15, 0.2) is 5.82 Å². The van der Waals surface area contributed by atoms with Gasteiger partial charge in [0.1, 0.15) is 5.75 Å². The van der Waals surface area contributed by atoms with Crippen LogP contribution in [-0.4, -0.2) is 40.2 Å². The lowest BCUT2D eigenvalue weighted by Crippen LogP contribution is -2.45. The summed E-state index contributed by atoms with van der Waals surface area (Å²) in [7, 11) is 1.59. The predicted octanol–water partition coefficient (Wildman–Crippen LogP) is 2.90. The monoisotopic (exact) mass is 358 g/mol. The molecule has 1 aromatic carbocycles. The zero-order chi connectivity index (χ0) is 16.5. The van der Waals surface area contributed by atoms with Gasteiger partial charge in [0.25, 0.3) is 5.91 Å². The lowest BCUT2D eigenvalue weighted by atomic mass is 10.2. The average Bonchev–Trinajstić information content (AvgIpc) is 3.30. The number of benzene rings is 1. The maximum atomic E-state index is 13.0. The molecule has 0 atom stereocenters. The van der Waals surface area contributed by atoms with Crippen LogP contribution in [0.2, 0.25) is 0 Å². The number of carbonyl (C=O) groups excluding carboxylic acids is 1. The number of hydrogen-bond acceptors (Lipinski definition) is 6. The molecule has 0 N–H and O–H groups in total. The van der Waals surface area contributed by atoms with Crippen LogP contribution in [0.15, 0.2) is 46.9 Å². The first-order valence-electron chi connectivity index (χ1n) is 7.36. The molecule has 1 aliphatic rings. The summed E-state index contributed by atoms with van der Waals surface area (Å²) in [6, 6.07) is 11.1. The molecule has 24 heavy (non-hydrogen) atoms. The van der Waals surface area contributed by atoms with Crippen molar-refractivity contribution in [2.75, 3.05) is 24.4 Å². The molecule has 122 valence electrons. The summed E-state index contributed by atoms with van der Waals surface area (Å²) in [6.07, 6.45) is 0. The summed E-state index contributed by atoms with van der Waals surface area (Å²) in [5.41, 5.74) is 0.582. The summed E-state index contributed by atoms with van der Waals surface area (Å²) in [5, 5.41) is 12.9. The van der Waals surface area contributed by atoms with E-state index >= 15 is 0 Å². The maximum absolute atomic E-state index is 13.0. The van der Waals surface area contributed by atoms with Crippen LogP contribution in [0.3, 0.4) is 0 Å². The van der Waals surface area contributed by atoms with Gasteiger partial charge in [-0.2, -0.15) is 0 Å². The van der Waals surface area contributed by atoms with E-state index in [1.807, 2.05) is 34.3 Å². The topological polar surface area (TPSA) is 60.2 Å². The molecule has 6 nitrogen and oxygen atoms in total. The first-order chi connectivity index (χ1) is 11.8. The number of nitrogens with zero attached hydrogens (tertiary/aromatic N) is 4. The fourth-order valence-electron chi connectivity index (χ4n) is 2.55. The standard InChI is InChI=1S/C16H14N4O2S2/c1-22-12-5-2-4-11(10-12)15(21)19-7-9-24-16-18-17-14(20(16)19)13-6-3-8-23-13/h2-6,8,10H,7,9H2,1H3. The molecule has 3 heterocycles. The first kappa shape index (κ1) is 15.2. The SMILES string of the molecule is COc1cccc(C(=O)N2CCSc3nnc(-c4cccs4)n32)c1. The maximum Gasteiger partial charge on any atom is 0.272 e. The number of rotatable bonds is 3. The minimum Gasteiger partial charge on any atom is -0.497 e. The Morgan fingerprint density at radius 3 is 2.96 bits per heavy atom. The van der Waals surface area contributed by atoms with E-state index in [9.17, 15) is 4.79 Å². The summed E-state index contributed by atoms with van der Waals surface area (Å²) >= 11 is 3.18. The van der Waals surface area contributed by atoms with Crippen LogP contribution in [0.1, 0.15) is 10.4 Å². The molecule has 0 bridgehead atoms. The van der Waals surface area contributed by atoms with Crippen molar-refractivity contribution in [3.05, 3.63) is 47.3 Å². The number of fused-ring (bicyclic) bond motifs is 1. The first-order valence-corrected chi connectivity index (χ1v) is 9.23. The third-order valence-electron chi connectivity index (χ3n) is 3.68. The van der Waals surface area contributed by atoms with Gasteiger partial charge in [0.2, 0.25) is 5.16 Å². The van der Waals surface area contributed by atoms with E-state index in [0.29, 0.717) is 23.7 Å². The highest BCUT2D eigenvalue weighted by Crippen LogP contribution is 2.30. The summed E-state index contributed by atoms with van der Waals surface area (Å²) < 4.78 is 7.05. The second-order valence-electron chi connectivity index (χ2n) is 5.10. The smallest absolute Gasteiger partial charge is 0.272 e. The number of hydrogen-bond donors (Lipinski definition) is 0. The molecule has 8 heteroatoms. The highest BCUT2D eigenvalue weighted by atomic mass is 32.2. The van der Waals surface area contributed by atoms with Crippen LogP contribution in [0.5, 0.6) is 5.75 Å². The van der Waals surface area contributed by atoms with Gasteiger partial charge in [-0.1, -0.05) is 23.9 Å². The van der Waals surface area contributed by atoms with E-state index in [1.54, 1.807) is 47.4 Å². The van der Waals surface area contributed by atoms with Gasteiger partial charge >= 0.3 is 0 Å². The molecule has 0 spiro atoms. The fourth-order valence-corrected chi connectivity index (χ4v) is 4.10. The van der Waals surface area contributed by atoms with Crippen LogP contribution >= 0.6 is 23.1 Å². The molecular weight excluding hydrogens is 344 g/mol. The number of thioether (sulfide) groups is 1. The van der Waals surface area contributed by atoms with Gasteiger partial charge in [-0.25, -0.2) is 9.69 Å². The lowest BCUT2D eigenvalue weighted by molar-refractivity contribution is 0.0956. The zero-order valence-electron chi connectivity index (χ0n) is 12.9. The minimum atomic E-state index is -0.0898. The van der Waals surface area contributed by atoms with Crippen molar-refractivity contribution in [3.63, 3.8) is 0 Å². The molecule has 1 aliphatic heterocycles. The molecule has 0 saturated carbocycles. The van der Waals surface area contributed by atoms with Crippen LogP contribution in [-0.2, 0) is 0 Å². The third-order valence-corrected chi connectivity index (χ3v) is 5.45. The Morgan fingerprint density at radius 2 is 2.17 bits per heavy atom. The predicted molar refractivity (Wildman–Crippen MR) is 94.5 cm³/mol. The van der Waals surface area contributed by atoms with Gasteiger partial charge < -0.3 is 4.74 Å². The number of thiophene rings is 1. The molecule has 0 unspecified atom stereocenters. The van der Waals surface area contributed by atoms with E-state index in [2.05, 4.69) is 10.2 Å². The zero-order valence-corrected chi connectivity index (χ0v) is 14.5. The average molecular weight is 358 g/mol. The number of ether oxygens (including phenoxy) is 1. The van der Waals surface area contributed by atoms with Crippen molar-refractivity contribution < 1.29 is 9.53 Å². The van der Waals surface area contributed by atoms with Gasteiger partial charge in [0.05, 0.1) is 18.5 Å². The second kappa shape index (κ2) is 6.29. The normalized spacial score (nSPS) is 13.6. The minimum absolute atomic E-state index is 0.0898. The number of aromatic nitrogens is 3. The highest BCUT2D eigenvalue weighted by molar-refractivity contribution is 7.99. The molecule has 0 fully saturated rings. The molecule has 0 radical (unpaired) electrons.